The highest BCUT2D eigenvalue weighted by atomic mass is 32.2. The first-order valence-electron chi connectivity index (χ1n) is 9.18. The molecule has 2 aromatic rings. The molecule has 0 unspecified atom stereocenters. The van der Waals surface area contributed by atoms with Gasteiger partial charge in [0.15, 0.2) is 11.0 Å². The SMILES string of the molecule is C[C@@H](Sc1nnc(-c2cccs2)n1C1CC1)C(=O)N1CCCCCC1. The van der Waals surface area contributed by atoms with Crippen LogP contribution in [0.3, 0.4) is 0 Å². The Hall–Kier alpha value is -1.34. The fourth-order valence-corrected chi connectivity index (χ4v) is 5.06. The summed E-state index contributed by atoms with van der Waals surface area (Å²) in [4.78, 5) is 16.0. The number of carbonyl (C=O) groups is 1. The van der Waals surface area contributed by atoms with Crippen LogP contribution in [-0.2, 0) is 4.79 Å². The number of amides is 1. The largest absolute Gasteiger partial charge is 0.342 e. The van der Waals surface area contributed by atoms with Crippen LogP contribution in [0.25, 0.3) is 10.7 Å². The molecule has 2 aromatic heterocycles. The van der Waals surface area contributed by atoms with E-state index in [0.29, 0.717) is 6.04 Å². The maximum absolute atomic E-state index is 12.8. The van der Waals surface area contributed by atoms with E-state index in [9.17, 15) is 4.79 Å². The molecule has 25 heavy (non-hydrogen) atoms. The Morgan fingerprint density at radius 1 is 1.24 bits per heavy atom. The number of hydrogen-bond donors (Lipinski definition) is 0. The van der Waals surface area contributed by atoms with Crippen LogP contribution in [0.5, 0.6) is 0 Å². The molecular formula is C18H24N4OS2. The van der Waals surface area contributed by atoms with E-state index in [4.69, 9.17) is 0 Å². The molecule has 0 N–H and O–H groups in total. The van der Waals surface area contributed by atoms with E-state index in [-0.39, 0.29) is 11.2 Å². The van der Waals surface area contributed by atoms with Gasteiger partial charge < -0.3 is 4.90 Å². The van der Waals surface area contributed by atoms with Crippen LogP contribution in [0.15, 0.2) is 22.7 Å². The summed E-state index contributed by atoms with van der Waals surface area (Å²) in [7, 11) is 0. The molecule has 5 nitrogen and oxygen atoms in total. The summed E-state index contributed by atoms with van der Waals surface area (Å²) in [5.74, 6) is 1.20. The van der Waals surface area contributed by atoms with Crippen molar-refractivity contribution < 1.29 is 4.79 Å². The van der Waals surface area contributed by atoms with Gasteiger partial charge in [-0.3, -0.25) is 9.36 Å². The summed E-state index contributed by atoms with van der Waals surface area (Å²) in [6, 6.07) is 4.63. The van der Waals surface area contributed by atoms with Crippen LogP contribution in [-0.4, -0.2) is 43.9 Å². The van der Waals surface area contributed by atoms with Crippen LogP contribution in [0, 0.1) is 0 Å². The third kappa shape index (κ3) is 3.77. The molecule has 0 spiro atoms. The van der Waals surface area contributed by atoms with E-state index in [0.717, 1.165) is 41.8 Å². The molecule has 1 saturated heterocycles. The summed E-state index contributed by atoms with van der Waals surface area (Å²) in [6.07, 6.45) is 7.10. The summed E-state index contributed by atoms with van der Waals surface area (Å²) in [5, 5.41) is 11.7. The number of likely N-dealkylation sites (tertiary alicyclic amines) is 1. The zero-order chi connectivity index (χ0) is 17.2. The van der Waals surface area contributed by atoms with Crippen molar-refractivity contribution in [3.63, 3.8) is 0 Å². The molecule has 1 aliphatic heterocycles. The standard InChI is InChI=1S/C18H24N4OS2/c1-13(17(23)21-10-4-2-3-5-11-21)25-18-20-19-16(15-7-6-12-24-15)22(18)14-8-9-14/h6-7,12-14H,2-5,8-11H2,1H3/t13-/m1/s1. The molecule has 7 heteroatoms. The molecule has 2 aliphatic rings. The number of carbonyl (C=O) groups excluding carboxylic acids is 1. The van der Waals surface area contributed by atoms with Gasteiger partial charge in [-0.25, -0.2) is 0 Å². The smallest absolute Gasteiger partial charge is 0.235 e. The average molecular weight is 377 g/mol. The summed E-state index contributed by atoms with van der Waals surface area (Å²) in [6.45, 7) is 3.81. The predicted octanol–water partition coefficient (Wildman–Crippen LogP) is 4.22. The van der Waals surface area contributed by atoms with Crippen LogP contribution < -0.4 is 0 Å². The first kappa shape index (κ1) is 17.1. The monoisotopic (exact) mass is 376 g/mol. The molecule has 1 atom stereocenters. The van der Waals surface area contributed by atoms with E-state index >= 15 is 0 Å². The van der Waals surface area contributed by atoms with Gasteiger partial charge in [0.1, 0.15) is 0 Å². The molecule has 0 radical (unpaired) electrons. The van der Waals surface area contributed by atoms with E-state index < -0.39 is 0 Å². The second-order valence-electron chi connectivity index (χ2n) is 6.88. The Morgan fingerprint density at radius 3 is 2.64 bits per heavy atom. The first-order chi connectivity index (χ1) is 12.2. The zero-order valence-corrected chi connectivity index (χ0v) is 16.2. The Labute approximate surface area is 156 Å². The zero-order valence-electron chi connectivity index (χ0n) is 14.6. The Bertz CT molecular complexity index is 716. The molecule has 1 saturated carbocycles. The Balaban J connectivity index is 1.51. The molecule has 134 valence electrons. The van der Waals surface area contributed by atoms with E-state index in [1.807, 2.05) is 17.9 Å². The Morgan fingerprint density at radius 2 is 2.00 bits per heavy atom. The summed E-state index contributed by atoms with van der Waals surface area (Å²) >= 11 is 3.26. The van der Waals surface area contributed by atoms with Gasteiger partial charge in [0.2, 0.25) is 5.91 Å². The lowest BCUT2D eigenvalue weighted by molar-refractivity contribution is -0.130. The van der Waals surface area contributed by atoms with Crippen molar-refractivity contribution in [1.82, 2.24) is 19.7 Å². The quantitative estimate of drug-likeness (QED) is 0.733. The molecule has 1 amide bonds. The normalized spacial score (nSPS) is 19.6. The number of hydrogen-bond acceptors (Lipinski definition) is 5. The topological polar surface area (TPSA) is 51.0 Å². The maximum atomic E-state index is 12.8. The number of thioether (sulfide) groups is 1. The highest BCUT2D eigenvalue weighted by molar-refractivity contribution is 8.00. The van der Waals surface area contributed by atoms with Crippen molar-refractivity contribution in [2.45, 2.75) is 61.9 Å². The Kier molecular flexibility index (Phi) is 5.12. The van der Waals surface area contributed by atoms with E-state index in [2.05, 4.69) is 26.2 Å². The van der Waals surface area contributed by atoms with E-state index in [1.54, 1.807) is 23.1 Å². The fraction of sp³-hybridized carbons (Fsp3) is 0.611. The maximum Gasteiger partial charge on any atom is 0.235 e. The summed E-state index contributed by atoms with van der Waals surface area (Å²) < 4.78 is 2.25. The van der Waals surface area contributed by atoms with Crippen LogP contribution in [0.4, 0.5) is 0 Å². The highest BCUT2D eigenvalue weighted by Crippen LogP contribution is 2.42. The third-order valence-electron chi connectivity index (χ3n) is 4.87. The average Bonchev–Trinajstić information content (AvgIpc) is 3.25. The number of nitrogens with zero attached hydrogens (tertiary/aromatic N) is 4. The van der Waals surface area contributed by atoms with Crippen molar-refractivity contribution >= 4 is 29.0 Å². The van der Waals surface area contributed by atoms with Gasteiger partial charge in [0.05, 0.1) is 10.1 Å². The first-order valence-corrected chi connectivity index (χ1v) is 10.9. The number of rotatable bonds is 5. The minimum Gasteiger partial charge on any atom is -0.342 e. The second kappa shape index (κ2) is 7.50. The third-order valence-corrected chi connectivity index (χ3v) is 6.78. The van der Waals surface area contributed by atoms with Crippen molar-refractivity contribution in [2.24, 2.45) is 0 Å². The summed E-state index contributed by atoms with van der Waals surface area (Å²) in [5.41, 5.74) is 0. The van der Waals surface area contributed by atoms with Gasteiger partial charge in [-0.15, -0.1) is 21.5 Å². The molecular weight excluding hydrogens is 352 g/mol. The lowest BCUT2D eigenvalue weighted by Gasteiger charge is -2.23. The molecule has 2 fully saturated rings. The number of aromatic nitrogens is 3. The molecule has 4 rings (SSSR count). The van der Waals surface area contributed by atoms with Crippen molar-refractivity contribution in [1.29, 1.82) is 0 Å². The van der Waals surface area contributed by atoms with Gasteiger partial charge in [0, 0.05) is 19.1 Å². The van der Waals surface area contributed by atoms with Crippen molar-refractivity contribution in [2.75, 3.05) is 13.1 Å². The lowest BCUT2D eigenvalue weighted by atomic mass is 10.2. The van der Waals surface area contributed by atoms with Gasteiger partial charge in [-0.2, -0.15) is 0 Å². The predicted molar refractivity (Wildman–Crippen MR) is 102 cm³/mol. The minimum atomic E-state index is -0.115. The fourth-order valence-electron chi connectivity index (χ4n) is 3.35. The van der Waals surface area contributed by atoms with Crippen LogP contribution >= 0.6 is 23.1 Å². The minimum absolute atomic E-state index is 0.115. The van der Waals surface area contributed by atoms with Gasteiger partial charge in [-0.1, -0.05) is 30.7 Å². The molecule has 0 aromatic carbocycles. The lowest BCUT2D eigenvalue weighted by Crippen LogP contribution is -2.37. The van der Waals surface area contributed by atoms with Crippen LogP contribution in [0.1, 0.15) is 51.5 Å². The highest BCUT2D eigenvalue weighted by Gasteiger charge is 2.32. The molecule has 0 bridgehead atoms. The van der Waals surface area contributed by atoms with Crippen molar-refractivity contribution in [3.05, 3.63) is 17.5 Å². The van der Waals surface area contributed by atoms with Gasteiger partial charge in [0.25, 0.3) is 0 Å². The van der Waals surface area contributed by atoms with Crippen molar-refractivity contribution in [3.8, 4) is 10.7 Å². The van der Waals surface area contributed by atoms with Crippen LogP contribution in [0.2, 0.25) is 0 Å². The number of thiophene rings is 1. The van der Waals surface area contributed by atoms with Gasteiger partial charge >= 0.3 is 0 Å². The molecule has 1 aliphatic carbocycles. The van der Waals surface area contributed by atoms with E-state index in [1.165, 1.54) is 25.7 Å². The molecule has 3 heterocycles. The second-order valence-corrected chi connectivity index (χ2v) is 9.14. The van der Waals surface area contributed by atoms with Gasteiger partial charge in [-0.05, 0) is 44.1 Å².